The zero-order valence-electron chi connectivity index (χ0n) is 16.3. The summed E-state index contributed by atoms with van der Waals surface area (Å²) in [7, 11) is -1.91. The molecule has 1 N–H and O–H groups in total. The van der Waals surface area contributed by atoms with Crippen LogP contribution in [0.4, 0.5) is 5.69 Å². The van der Waals surface area contributed by atoms with Crippen LogP contribution in [-0.2, 0) is 10.0 Å². The lowest BCUT2D eigenvalue weighted by molar-refractivity contribution is 0.102. The number of rotatable bonds is 5. The third-order valence-corrected chi connectivity index (χ3v) is 6.13. The molecule has 0 aromatic heterocycles. The average Bonchev–Trinajstić information content (AvgIpc) is 3.06. The van der Waals surface area contributed by atoms with Crippen LogP contribution in [0.15, 0.2) is 57.8 Å². The van der Waals surface area contributed by atoms with Crippen molar-refractivity contribution >= 4 is 27.5 Å². The van der Waals surface area contributed by atoms with E-state index >= 15 is 0 Å². The first-order valence-corrected chi connectivity index (χ1v) is 10.8. The SMILES string of the molecule is CC(C)c1ccc(C(=O)Nc2ccc(S(=O)(=O)/N=C3/CCCN3C)cc2)cc1. The van der Waals surface area contributed by atoms with Crippen LogP contribution in [0.3, 0.4) is 0 Å². The molecular formula is C21H25N3O3S. The summed E-state index contributed by atoms with van der Waals surface area (Å²) in [5, 5.41) is 2.79. The van der Waals surface area contributed by atoms with E-state index in [1.54, 1.807) is 24.3 Å². The highest BCUT2D eigenvalue weighted by molar-refractivity contribution is 7.90. The number of hydrogen-bond donors (Lipinski definition) is 1. The maximum absolute atomic E-state index is 12.5. The van der Waals surface area contributed by atoms with Crippen molar-refractivity contribution in [2.24, 2.45) is 4.40 Å². The van der Waals surface area contributed by atoms with Crippen LogP contribution in [0.2, 0.25) is 0 Å². The standard InChI is InChI=1S/C21H25N3O3S/c1-15(2)16-6-8-17(9-7-16)21(25)22-18-10-12-19(13-11-18)28(26,27)23-20-5-4-14-24(20)3/h6-13,15H,4-5,14H2,1-3H3,(H,22,25)/b23-20-. The second-order valence-corrected chi connectivity index (χ2v) is 8.87. The van der Waals surface area contributed by atoms with Gasteiger partial charge >= 0.3 is 0 Å². The Morgan fingerprint density at radius 1 is 1.07 bits per heavy atom. The molecule has 6 nitrogen and oxygen atoms in total. The Kier molecular flexibility index (Phi) is 5.84. The number of sulfonamides is 1. The molecule has 28 heavy (non-hydrogen) atoms. The lowest BCUT2D eigenvalue weighted by atomic mass is 10.0. The fourth-order valence-electron chi connectivity index (χ4n) is 3.03. The summed E-state index contributed by atoms with van der Waals surface area (Å²) in [6.07, 6.45) is 1.58. The maximum atomic E-state index is 12.5. The number of amides is 1. The molecule has 1 saturated heterocycles. The number of nitrogens with zero attached hydrogens (tertiary/aromatic N) is 2. The van der Waals surface area contributed by atoms with E-state index in [1.807, 2.05) is 24.1 Å². The number of benzene rings is 2. The van der Waals surface area contributed by atoms with Gasteiger partial charge in [0.1, 0.15) is 5.84 Å². The van der Waals surface area contributed by atoms with Crippen molar-refractivity contribution in [3.63, 3.8) is 0 Å². The van der Waals surface area contributed by atoms with Gasteiger partial charge in [0.25, 0.3) is 15.9 Å². The zero-order chi connectivity index (χ0) is 20.3. The van der Waals surface area contributed by atoms with E-state index in [-0.39, 0.29) is 10.8 Å². The zero-order valence-corrected chi connectivity index (χ0v) is 17.2. The van der Waals surface area contributed by atoms with Gasteiger partial charge in [-0.25, -0.2) is 0 Å². The molecule has 7 heteroatoms. The molecule has 2 aromatic carbocycles. The monoisotopic (exact) mass is 399 g/mol. The first kappa shape index (κ1) is 20.1. The largest absolute Gasteiger partial charge is 0.362 e. The molecule has 1 aliphatic heterocycles. The minimum Gasteiger partial charge on any atom is -0.362 e. The summed E-state index contributed by atoms with van der Waals surface area (Å²) < 4.78 is 28.9. The Morgan fingerprint density at radius 3 is 2.25 bits per heavy atom. The number of anilines is 1. The molecule has 1 amide bonds. The fourth-order valence-corrected chi connectivity index (χ4v) is 4.13. The van der Waals surface area contributed by atoms with Crippen molar-refractivity contribution in [1.82, 2.24) is 4.90 Å². The van der Waals surface area contributed by atoms with Crippen molar-refractivity contribution in [1.29, 1.82) is 0 Å². The quantitative estimate of drug-likeness (QED) is 0.828. The van der Waals surface area contributed by atoms with E-state index in [1.165, 1.54) is 17.7 Å². The summed E-state index contributed by atoms with van der Waals surface area (Å²) in [6.45, 7) is 5.01. The molecule has 0 unspecified atom stereocenters. The fraction of sp³-hybridized carbons (Fsp3) is 0.333. The third-order valence-electron chi connectivity index (χ3n) is 4.81. The molecule has 0 spiro atoms. The van der Waals surface area contributed by atoms with E-state index in [9.17, 15) is 13.2 Å². The van der Waals surface area contributed by atoms with E-state index in [0.717, 1.165) is 13.0 Å². The summed E-state index contributed by atoms with van der Waals surface area (Å²) in [4.78, 5) is 14.4. The minimum absolute atomic E-state index is 0.111. The molecule has 0 bridgehead atoms. The second-order valence-electron chi connectivity index (χ2n) is 7.26. The molecule has 0 aliphatic carbocycles. The first-order chi connectivity index (χ1) is 13.3. The molecule has 1 aliphatic rings. The molecule has 0 atom stereocenters. The molecular weight excluding hydrogens is 374 g/mol. The van der Waals surface area contributed by atoms with Gasteiger partial charge in [-0.15, -0.1) is 4.40 Å². The van der Waals surface area contributed by atoms with Crippen LogP contribution in [-0.4, -0.2) is 38.7 Å². The molecule has 0 saturated carbocycles. The minimum atomic E-state index is -3.75. The topological polar surface area (TPSA) is 78.8 Å². The molecule has 1 fully saturated rings. The molecule has 3 rings (SSSR count). The average molecular weight is 400 g/mol. The second kappa shape index (κ2) is 8.14. The lowest BCUT2D eigenvalue weighted by Crippen LogP contribution is -2.20. The van der Waals surface area contributed by atoms with Gasteiger partial charge in [-0.05, 0) is 54.3 Å². The molecule has 2 aromatic rings. The Morgan fingerprint density at radius 2 is 1.71 bits per heavy atom. The van der Waals surface area contributed by atoms with E-state index in [4.69, 9.17) is 0 Å². The number of nitrogens with one attached hydrogen (secondary N) is 1. The lowest BCUT2D eigenvalue weighted by Gasteiger charge is -2.11. The van der Waals surface area contributed by atoms with Crippen molar-refractivity contribution in [2.45, 2.75) is 37.5 Å². The van der Waals surface area contributed by atoms with E-state index < -0.39 is 10.0 Å². The van der Waals surface area contributed by atoms with Crippen LogP contribution < -0.4 is 5.32 Å². The van der Waals surface area contributed by atoms with Gasteiger partial charge in [0.2, 0.25) is 0 Å². The maximum Gasteiger partial charge on any atom is 0.283 e. The van der Waals surface area contributed by atoms with Gasteiger partial charge in [-0.2, -0.15) is 8.42 Å². The van der Waals surface area contributed by atoms with Crippen molar-refractivity contribution < 1.29 is 13.2 Å². The van der Waals surface area contributed by atoms with Crippen molar-refractivity contribution in [3.05, 3.63) is 59.7 Å². The van der Waals surface area contributed by atoms with Gasteiger partial charge in [-0.3, -0.25) is 4.79 Å². The number of carbonyl (C=O) groups excluding carboxylic acids is 1. The highest BCUT2D eigenvalue weighted by Gasteiger charge is 2.20. The van der Waals surface area contributed by atoms with Crippen LogP contribution in [0.1, 0.15) is 48.5 Å². The Balaban J connectivity index is 1.71. The van der Waals surface area contributed by atoms with Gasteiger partial charge in [0, 0.05) is 31.3 Å². The number of carbonyl (C=O) groups is 1. The van der Waals surface area contributed by atoms with Gasteiger partial charge in [0.15, 0.2) is 0 Å². The Bertz CT molecular complexity index is 979. The Labute approximate surface area is 166 Å². The summed E-state index contributed by atoms with van der Waals surface area (Å²) in [5.41, 5.74) is 2.25. The molecule has 1 heterocycles. The van der Waals surface area contributed by atoms with Crippen LogP contribution >= 0.6 is 0 Å². The normalized spacial score (nSPS) is 16.0. The van der Waals surface area contributed by atoms with E-state index in [0.29, 0.717) is 29.4 Å². The van der Waals surface area contributed by atoms with Crippen molar-refractivity contribution in [3.8, 4) is 0 Å². The smallest absolute Gasteiger partial charge is 0.283 e. The number of likely N-dealkylation sites (tertiary alicyclic amines) is 1. The van der Waals surface area contributed by atoms with Crippen molar-refractivity contribution in [2.75, 3.05) is 18.9 Å². The molecule has 148 valence electrons. The summed E-state index contributed by atoms with van der Waals surface area (Å²) in [5.74, 6) is 0.750. The number of amidine groups is 1. The predicted octanol–water partition coefficient (Wildman–Crippen LogP) is 3.88. The predicted molar refractivity (Wildman–Crippen MR) is 111 cm³/mol. The number of hydrogen-bond acceptors (Lipinski definition) is 3. The summed E-state index contributed by atoms with van der Waals surface area (Å²) >= 11 is 0. The van der Waals surface area contributed by atoms with Gasteiger partial charge < -0.3 is 10.2 Å². The van der Waals surface area contributed by atoms with Crippen LogP contribution in [0, 0.1) is 0 Å². The first-order valence-electron chi connectivity index (χ1n) is 9.32. The van der Waals surface area contributed by atoms with E-state index in [2.05, 4.69) is 23.6 Å². The highest BCUT2D eigenvalue weighted by Crippen LogP contribution is 2.20. The Hall–Kier alpha value is -2.67. The summed E-state index contributed by atoms with van der Waals surface area (Å²) in [6, 6.07) is 13.5. The van der Waals surface area contributed by atoms with Crippen LogP contribution in [0.5, 0.6) is 0 Å². The van der Waals surface area contributed by atoms with Gasteiger partial charge in [0.05, 0.1) is 4.90 Å². The van der Waals surface area contributed by atoms with Gasteiger partial charge in [-0.1, -0.05) is 26.0 Å². The third kappa shape index (κ3) is 4.59. The molecule has 0 radical (unpaired) electrons. The van der Waals surface area contributed by atoms with Crippen LogP contribution in [0.25, 0.3) is 0 Å². The highest BCUT2D eigenvalue weighted by atomic mass is 32.2.